The molecular formula is C25H26N4O. The van der Waals surface area contributed by atoms with Gasteiger partial charge in [-0.2, -0.15) is 0 Å². The lowest BCUT2D eigenvalue weighted by Crippen LogP contribution is -2.56. The normalized spacial score (nSPS) is 18.5. The predicted octanol–water partition coefficient (Wildman–Crippen LogP) is 3.68. The molecule has 152 valence electrons. The summed E-state index contributed by atoms with van der Waals surface area (Å²) in [7, 11) is 0. The second-order valence-electron chi connectivity index (χ2n) is 8.15. The van der Waals surface area contributed by atoms with Crippen molar-refractivity contribution in [2.45, 2.75) is 24.9 Å². The average Bonchev–Trinajstić information content (AvgIpc) is 3.12. The molecule has 2 saturated heterocycles. The van der Waals surface area contributed by atoms with Crippen LogP contribution in [0.4, 0.5) is 5.69 Å². The molecule has 30 heavy (non-hydrogen) atoms. The molecule has 2 aliphatic heterocycles. The molecule has 2 aromatic carbocycles. The quantitative estimate of drug-likeness (QED) is 0.728. The van der Waals surface area contributed by atoms with Crippen molar-refractivity contribution >= 4 is 11.6 Å². The Labute approximate surface area is 177 Å². The number of nitrogens with one attached hydrogen (secondary N) is 1. The predicted molar refractivity (Wildman–Crippen MR) is 119 cm³/mol. The number of amides is 1. The van der Waals surface area contributed by atoms with E-state index in [1.807, 2.05) is 42.6 Å². The third-order valence-electron chi connectivity index (χ3n) is 6.39. The van der Waals surface area contributed by atoms with Crippen molar-refractivity contribution in [3.8, 4) is 11.3 Å². The molecule has 1 amide bonds. The zero-order valence-corrected chi connectivity index (χ0v) is 17.0. The van der Waals surface area contributed by atoms with Crippen molar-refractivity contribution in [1.82, 2.24) is 15.2 Å². The average molecular weight is 399 g/mol. The first-order valence-electron chi connectivity index (χ1n) is 10.6. The Hall–Kier alpha value is -3.18. The summed E-state index contributed by atoms with van der Waals surface area (Å²) in [6, 6.07) is 24.8. The molecule has 5 rings (SSSR count). The van der Waals surface area contributed by atoms with Crippen LogP contribution < -0.4 is 10.2 Å². The number of carbonyl (C=O) groups is 1. The molecule has 0 radical (unpaired) electrons. The Kier molecular flexibility index (Phi) is 4.97. The number of nitrogens with zero attached hydrogens (tertiary/aromatic N) is 3. The highest BCUT2D eigenvalue weighted by Crippen LogP contribution is 2.36. The van der Waals surface area contributed by atoms with Crippen molar-refractivity contribution in [3.63, 3.8) is 0 Å². The SMILES string of the molecule is O=C1NCN(c2ccccc2)C12CCN(Cc1ccnc(-c3ccccc3)c1)CC2. The zero-order chi connectivity index (χ0) is 20.4. The van der Waals surface area contributed by atoms with Crippen LogP contribution in [-0.2, 0) is 11.3 Å². The van der Waals surface area contributed by atoms with Crippen LogP contribution in [0.5, 0.6) is 0 Å². The van der Waals surface area contributed by atoms with Crippen LogP contribution in [0.15, 0.2) is 79.0 Å². The van der Waals surface area contributed by atoms with E-state index in [-0.39, 0.29) is 5.91 Å². The van der Waals surface area contributed by atoms with E-state index in [0.29, 0.717) is 6.67 Å². The molecule has 3 aromatic rings. The summed E-state index contributed by atoms with van der Waals surface area (Å²) in [6.07, 6.45) is 3.57. The fourth-order valence-corrected chi connectivity index (χ4v) is 4.71. The summed E-state index contributed by atoms with van der Waals surface area (Å²) < 4.78 is 0. The van der Waals surface area contributed by atoms with Crippen LogP contribution >= 0.6 is 0 Å². The number of anilines is 1. The first kappa shape index (κ1) is 18.8. The summed E-state index contributed by atoms with van der Waals surface area (Å²) in [4.78, 5) is 22.1. The summed E-state index contributed by atoms with van der Waals surface area (Å²) in [5, 5.41) is 3.08. The highest BCUT2D eigenvalue weighted by atomic mass is 16.2. The van der Waals surface area contributed by atoms with Gasteiger partial charge in [0.15, 0.2) is 0 Å². The summed E-state index contributed by atoms with van der Waals surface area (Å²) in [5.41, 5.74) is 4.09. The monoisotopic (exact) mass is 398 g/mol. The lowest BCUT2D eigenvalue weighted by atomic mass is 9.85. The minimum Gasteiger partial charge on any atom is -0.339 e. The van der Waals surface area contributed by atoms with Crippen molar-refractivity contribution < 1.29 is 4.79 Å². The van der Waals surface area contributed by atoms with Crippen LogP contribution in [0.1, 0.15) is 18.4 Å². The number of carbonyl (C=O) groups excluding carboxylic acids is 1. The number of hydrogen-bond acceptors (Lipinski definition) is 4. The highest BCUT2D eigenvalue weighted by Gasteiger charge is 2.50. The number of para-hydroxylation sites is 1. The van der Waals surface area contributed by atoms with E-state index in [1.54, 1.807) is 0 Å². The van der Waals surface area contributed by atoms with Crippen LogP contribution in [-0.4, -0.2) is 41.1 Å². The minimum atomic E-state index is -0.425. The first-order chi connectivity index (χ1) is 14.7. The maximum absolute atomic E-state index is 12.8. The number of piperidine rings is 1. The third kappa shape index (κ3) is 3.46. The molecular weight excluding hydrogens is 372 g/mol. The lowest BCUT2D eigenvalue weighted by Gasteiger charge is -2.43. The summed E-state index contributed by atoms with van der Waals surface area (Å²) in [5.74, 6) is 0.168. The largest absolute Gasteiger partial charge is 0.339 e. The van der Waals surface area contributed by atoms with Crippen LogP contribution in [0.3, 0.4) is 0 Å². The molecule has 2 fully saturated rings. The Bertz CT molecular complexity index is 1010. The number of aromatic nitrogens is 1. The van der Waals surface area contributed by atoms with Crippen molar-refractivity contribution in [2.75, 3.05) is 24.7 Å². The standard InChI is InChI=1S/C25H26N4O/c30-24-25(29(19-27-24)22-9-5-2-6-10-22)12-15-28(16-13-25)18-20-11-14-26-23(17-20)21-7-3-1-4-8-21/h1-11,14,17H,12-13,15-16,18-19H2,(H,27,30). The van der Waals surface area contributed by atoms with Gasteiger partial charge in [0, 0.05) is 37.1 Å². The van der Waals surface area contributed by atoms with E-state index in [4.69, 9.17) is 0 Å². The fraction of sp³-hybridized carbons (Fsp3) is 0.280. The topological polar surface area (TPSA) is 48.5 Å². The van der Waals surface area contributed by atoms with Crippen LogP contribution in [0.2, 0.25) is 0 Å². The molecule has 3 heterocycles. The molecule has 0 atom stereocenters. The fourth-order valence-electron chi connectivity index (χ4n) is 4.71. The van der Waals surface area contributed by atoms with Crippen LogP contribution in [0, 0.1) is 0 Å². The summed E-state index contributed by atoms with van der Waals surface area (Å²) in [6.45, 7) is 3.28. The zero-order valence-electron chi connectivity index (χ0n) is 17.0. The second-order valence-corrected chi connectivity index (χ2v) is 8.15. The molecule has 0 aliphatic carbocycles. The van der Waals surface area contributed by atoms with Gasteiger partial charge in [0.1, 0.15) is 5.54 Å². The van der Waals surface area contributed by atoms with Gasteiger partial charge in [0.25, 0.3) is 0 Å². The van der Waals surface area contributed by atoms with Crippen LogP contribution in [0.25, 0.3) is 11.3 Å². The van der Waals surface area contributed by atoms with E-state index in [0.717, 1.165) is 49.4 Å². The molecule has 5 nitrogen and oxygen atoms in total. The number of benzene rings is 2. The Morgan fingerprint density at radius 1 is 0.933 bits per heavy atom. The summed E-state index contributed by atoms with van der Waals surface area (Å²) >= 11 is 0. The van der Waals surface area contributed by atoms with Gasteiger partial charge in [-0.15, -0.1) is 0 Å². The van der Waals surface area contributed by atoms with E-state index >= 15 is 0 Å². The van der Waals surface area contributed by atoms with E-state index < -0.39 is 5.54 Å². The maximum Gasteiger partial charge on any atom is 0.247 e. The van der Waals surface area contributed by atoms with Gasteiger partial charge in [0.2, 0.25) is 5.91 Å². The van der Waals surface area contributed by atoms with Gasteiger partial charge >= 0.3 is 0 Å². The molecule has 1 spiro atoms. The lowest BCUT2D eigenvalue weighted by molar-refractivity contribution is -0.125. The molecule has 2 aliphatic rings. The first-order valence-corrected chi connectivity index (χ1v) is 10.6. The van der Waals surface area contributed by atoms with Gasteiger partial charge in [0.05, 0.1) is 12.4 Å². The van der Waals surface area contributed by atoms with Gasteiger partial charge in [-0.3, -0.25) is 14.7 Å². The second kappa shape index (κ2) is 7.92. The molecule has 0 bridgehead atoms. The van der Waals surface area contributed by atoms with Gasteiger partial charge < -0.3 is 10.2 Å². The van der Waals surface area contributed by atoms with Gasteiger partial charge in [-0.05, 0) is 42.7 Å². The smallest absolute Gasteiger partial charge is 0.247 e. The Morgan fingerprint density at radius 2 is 1.63 bits per heavy atom. The number of likely N-dealkylation sites (tertiary alicyclic amines) is 1. The Balaban J connectivity index is 1.29. The molecule has 0 saturated carbocycles. The van der Waals surface area contributed by atoms with Gasteiger partial charge in [-0.1, -0.05) is 48.5 Å². The minimum absolute atomic E-state index is 0.168. The Morgan fingerprint density at radius 3 is 2.37 bits per heavy atom. The number of pyridine rings is 1. The molecule has 1 aromatic heterocycles. The maximum atomic E-state index is 12.8. The van der Waals surface area contributed by atoms with E-state index in [9.17, 15) is 4.79 Å². The van der Waals surface area contributed by atoms with Crippen molar-refractivity contribution in [3.05, 3.63) is 84.6 Å². The van der Waals surface area contributed by atoms with Crippen molar-refractivity contribution in [2.24, 2.45) is 0 Å². The highest BCUT2D eigenvalue weighted by molar-refractivity contribution is 5.93. The number of hydrogen-bond donors (Lipinski definition) is 1. The molecule has 1 N–H and O–H groups in total. The molecule has 0 unspecified atom stereocenters. The van der Waals surface area contributed by atoms with E-state index in [1.165, 1.54) is 5.56 Å². The van der Waals surface area contributed by atoms with Gasteiger partial charge in [-0.25, -0.2) is 0 Å². The van der Waals surface area contributed by atoms with E-state index in [2.05, 4.69) is 56.5 Å². The number of rotatable bonds is 4. The van der Waals surface area contributed by atoms with Crippen molar-refractivity contribution in [1.29, 1.82) is 0 Å². The molecule has 5 heteroatoms. The third-order valence-corrected chi connectivity index (χ3v) is 6.39.